The minimum absolute atomic E-state index is 0.257. The Balaban J connectivity index is 1.78. The van der Waals surface area contributed by atoms with Gasteiger partial charge in [0, 0.05) is 37.3 Å². The second kappa shape index (κ2) is 9.96. The number of carbonyl (C=O) groups is 1. The van der Waals surface area contributed by atoms with E-state index in [2.05, 4.69) is 18.8 Å². The van der Waals surface area contributed by atoms with Crippen LogP contribution in [0.25, 0.3) is 11.1 Å². The average molecular weight is 393 g/mol. The Bertz CT molecular complexity index is 948. The number of aromatic nitrogens is 4. The number of hydrogen-bond donors (Lipinski definition) is 1. The highest BCUT2D eigenvalue weighted by atomic mass is 16.4. The monoisotopic (exact) mass is 392 g/mol. The molecule has 0 unspecified atom stereocenters. The zero-order chi connectivity index (χ0) is 20.6. The van der Waals surface area contributed by atoms with Crippen LogP contribution in [0.15, 0.2) is 42.7 Å². The van der Waals surface area contributed by atoms with E-state index < -0.39 is 5.97 Å². The number of hydrogen-bond acceptors (Lipinski definition) is 4. The summed E-state index contributed by atoms with van der Waals surface area (Å²) in [5.74, 6) is 0.966. The maximum absolute atomic E-state index is 11.5. The van der Waals surface area contributed by atoms with Crippen LogP contribution in [0, 0.1) is 0 Å². The lowest BCUT2D eigenvalue weighted by atomic mass is 10.00. The van der Waals surface area contributed by atoms with Crippen LogP contribution in [-0.4, -0.2) is 30.8 Å². The topological polar surface area (TPSA) is 80.9 Å². The summed E-state index contributed by atoms with van der Waals surface area (Å²) in [5, 5.41) is 14.1. The van der Waals surface area contributed by atoms with Gasteiger partial charge in [-0.15, -0.1) is 0 Å². The van der Waals surface area contributed by atoms with Crippen LogP contribution < -0.4 is 0 Å². The van der Waals surface area contributed by atoms with E-state index >= 15 is 0 Å². The van der Waals surface area contributed by atoms with Gasteiger partial charge in [0.05, 0.1) is 5.56 Å². The van der Waals surface area contributed by atoms with Crippen molar-refractivity contribution in [3.8, 4) is 11.1 Å². The highest BCUT2D eigenvalue weighted by molar-refractivity contribution is 5.95. The van der Waals surface area contributed by atoms with Gasteiger partial charge in [0.2, 0.25) is 0 Å². The summed E-state index contributed by atoms with van der Waals surface area (Å²) in [5.41, 5.74) is 2.85. The van der Waals surface area contributed by atoms with Crippen LogP contribution >= 0.6 is 0 Å². The molecule has 0 aliphatic rings. The predicted molar refractivity (Wildman–Crippen MR) is 113 cm³/mol. The van der Waals surface area contributed by atoms with E-state index in [0.717, 1.165) is 48.6 Å². The Kier molecular flexibility index (Phi) is 7.11. The summed E-state index contributed by atoms with van der Waals surface area (Å²) in [4.78, 5) is 20.3. The van der Waals surface area contributed by atoms with Gasteiger partial charge in [-0.25, -0.2) is 14.5 Å². The van der Waals surface area contributed by atoms with Gasteiger partial charge in [0.15, 0.2) is 5.82 Å². The van der Waals surface area contributed by atoms with E-state index in [1.54, 1.807) is 6.20 Å². The molecule has 1 N–H and O–H groups in total. The van der Waals surface area contributed by atoms with Gasteiger partial charge in [-0.1, -0.05) is 51.0 Å². The van der Waals surface area contributed by atoms with Crippen LogP contribution in [0.3, 0.4) is 0 Å². The Morgan fingerprint density at radius 1 is 1.07 bits per heavy atom. The minimum atomic E-state index is -0.949. The molecule has 29 heavy (non-hydrogen) atoms. The Hall–Kier alpha value is -3.02. The summed E-state index contributed by atoms with van der Waals surface area (Å²) in [6.07, 6.45) is 9.26. The number of rotatable bonds is 10. The largest absolute Gasteiger partial charge is 0.478 e. The first-order valence-electron chi connectivity index (χ1n) is 10.3. The van der Waals surface area contributed by atoms with Gasteiger partial charge in [0.1, 0.15) is 5.82 Å². The van der Waals surface area contributed by atoms with Gasteiger partial charge >= 0.3 is 5.97 Å². The van der Waals surface area contributed by atoms with Crippen LogP contribution in [0.1, 0.15) is 67.1 Å². The lowest BCUT2D eigenvalue weighted by Gasteiger charge is -2.08. The molecule has 0 aliphatic heterocycles. The minimum Gasteiger partial charge on any atom is -0.478 e. The molecule has 2 aromatic heterocycles. The molecule has 0 fully saturated rings. The highest BCUT2D eigenvalue weighted by Gasteiger charge is 2.13. The van der Waals surface area contributed by atoms with E-state index in [1.165, 1.54) is 25.1 Å². The average Bonchev–Trinajstić information content (AvgIpc) is 3.10. The van der Waals surface area contributed by atoms with E-state index in [1.807, 2.05) is 28.9 Å². The van der Waals surface area contributed by atoms with Gasteiger partial charge in [0.25, 0.3) is 0 Å². The Labute approximate surface area is 171 Å². The standard InChI is InChI=1S/C23H28N4O2/c1-3-5-6-7-21-25-22(27(26-21)14-4-2)15-17-8-10-18(11-9-17)20-16-24-13-12-19(20)23(28)29/h8-13,16H,3-7,14-15H2,1-2H3,(H,28,29). The maximum atomic E-state index is 11.5. The Morgan fingerprint density at radius 3 is 2.55 bits per heavy atom. The lowest BCUT2D eigenvalue weighted by molar-refractivity contribution is 0.0697. The van der Waals surface area contributed by atoms with Crippen molar-refractivity contribution in [3.63, 3.8) is 0 Å². The van der Waals surface area contributed by atoms with E-state index in [4.69, 9.17) is 10.1 Å². The molecule has 0 saturated carbocycles. The van der Waals surface area contributed by atoms with Crippen molar-refractivity contribution in [3.05, 3.63) is 65.5 Å². The molecule has 3 rings (SSSR count). The molecular weight excluding hydrogens is 364 g/mol. The van der Waals surface area contributed by atoms with E-state index in [9.17, 15) is 9.90 Å². The number of pyridine rings is 1. The number of aromatic carboxylic acids is 1. The molecular formula is C23H28N4O2. The maximum Gasteiger partial charge on any atom is 0.336 e. The van der Waals surface area contributed by atoms with Crippen LogP contribution in [0.5, 0.6) is 0 Å². The molecule has 0 atom stereocenters. The molecule has 0 aliphatic carbocycles. The number of nitrogens with zero attached hydrogens (tertiary/aromatic N) is 4. The summed E-state index contributed by atoms with van der Waals surface area (Å²) >= 11 is 0. The molecule has 0 saturated heterocycles. The van der Waals surface area contributed by atoms with Gasteiger partial charge in [-0.05, 0) is 30.0 Å². The Morgan fingerprint density at radius 2 is 1.86 bits per heavy atom. The van der Waals surface area contributed by atoms with Crippen molar-refractivity contribution >= 4 is 5.97 Å². The first-order chi connectivity index (χ1) is 14.1. The van der Waals surface area contributed by atoms with E-state index in [-0.39, 0.29) is 5.56 Å². The van der Waals surface area contributed by atoms with Crippen LogP contribution in [0.2, 0.25) is 0 Å². The molecule has 0 spiro atoms. The molecule has 6 nitrogen and oxygen atoms in total. The normalized spacial score (nSPS) is 11.0. The van der Waals surface area contributed by atoms with Crippen molar-refractivity contribution in [2.75, 3.05) is 0 Å². The molecule has 1 aromatic carbocycles. The van der Waals surface area contributed by atoms with Gasteiger partial charge in [-0.3, -0.25) is 4.98 Å². The zero-order valence-corrected chi connectivity index (χ0v) is 17.1. The van der Waals surface area contributed by atoms with Crippen molar-refractivity contribution in [2.24, 2.45) is 0 Å². The number of aryl methyl sites for hydroxylation is 2. The SMILES string of the molecule is CCCCCc1nc(Cc2ccc(-c3cnccc3C(=O)O)cc2)n(CCC)n1. The number of carboxylic acid groups (broad SMARTS) is 1. The number of unbranched alkanes of at least 4 members (excludes halogenated alkanes) is 2. The molecule has 3 aromatic rings. The first-order valence-corrected chi connectivity index (χ1v) is 10.3. The molecule has 6 heteroatoms. The molecule has 0 bridgehead atoms. The second-order valence-electron chi connectivity index (χ2n) is 7.22. The number of carboxylic acids is 1. The molecule has 2 heterocycles. The first kappa shape index (κ1) is 20.7. The third-order valence-electron chi connectivity index (χ3n) is 4.91. The van der Waals surface area contributed by atoms with Gasteiger partial charge < -0.3 is 5.11 Å². The fraction of sp³-hybridized carbons (Fsp3) is 0.391. The summed E-state index contributed by atoms with van der Waals surface area (Å²) < 4.78 is 2.03. The van der Waals surface area contributed by atoms with Crippen LogP contribution in [-0.2, 0) is 19.4 Å². The number of benzene rings is 1. The predicted octanol–water partition coefficient (Wildman–Crippen LogP) is 4.77. The molecule has 0 amide bonds. The molecule has 0 radical (unpaired) electrons. The third-order valence-corrected chi connectivity index (χ3v) is 4.91. The van der Waals surface area contributed by atoms with Crippen molar-refractivity contribution in [1.29, 1.82) is 0 Å². The third kappa shape index (κ3) is 5.28. The lowest BCUT2D eigenvalue weighted by Crippen LogP contribution is -2.06. The van der Waals surface area contributed by atoms with Crippen LogP contribution in [0.4, 0.5) is 0 Å². The van der Waals surface area contributed by atoms with Crippen molar-refractivity contribution < 1.29 is 9.90 Å². The van der Waals surface area contributed by atoms with Gasteiger partial charge in [-0.2, -0.15) is 5.10 Å². The zero-order valence-electron chi connectivity index (χ0n) is 17.1. The second-order valence-corrected chi connectivity index (χ2v) is 7.22. The fourth-order valence-electron chi connectivity index (χ4n) is 3.38. The van der Waals surface area contributed by atoms with E-state index in [0.29, 0.717) is 12.0 Å². The summed E-state index contributed by atoms with van der Waals surface area (Å²) in [6.45, 7) is 5.21. The highest BCUT2D eigenvalue weighted by Crippen LogP contribution is 2.24. The fourth-order valence-corrected chi connectivity index (χ4v) is 3.38. The van der Waals surface area contributed by atoms with Crippen molar-refractivity contribution in [1.82, 2.24) is 19.7 Å². The summed E-state index contributed by atoms with van der Waals surface area (Å²) in [6, 6.07) is 9.47. The smallest absolute Gasteiger partial charge is 0.336 e. The summed E-state index contributed by atoms with van der Waals surface area (Å²) in [7, 11) is 0. The quantitative estimate of drug-likeness (QED) is 0.503. The van der Waals surface area contributed by atoms with Crippen molar-refractivity contribution in [2.45, 2.75) is 58.9 Å². The molecule has 152 valence electrons.